The average molecular weight is 356 g/mol. The molecule has 1 aliphatic heterocycles. The number of carbonyl (C=O) groups excluding carboxylic acids is 2. The molecule has 1 atom stereocenters. The van der Waals surface area contributed by atoms with Crippen molar-refractivity contribution >= 4 is 46.1 Å². The fraction of sp³-hybridized carbons (Fsp3) is 0.357. The van der Waals surface area contributed by atoms with Crippen molar-refractivity contribution in [3.63, 3.8) is 0 Å². The maximum absolute atomic E-state index is 11.9. The van der Waals surface area contributed by atoms with Crippen molar-refractivity contribution in [2.75, 3.05) is 5.75 Å². The molecule has 0 spiro atoms. The Bertz CT molecular complexity index is 538. The standard InChI is InChI=1S/C14H16N2O3S3/c1-10-5-6-13(17)16(10)19-14(18)11(20)7-9-21-22-12-4-2-3-8-15-12/h2-4,8,11,20H,1,5-7,9H2. The van der Waals surface area contributed by atoms with Crippen molar-refractivity contribution in [2.45, 2.75) is 29.5 Å². The zero-order valence-corrected chi connectivity index (χ0v) is 14.3. The fourth-order valence-electron chi connectivity index (χ4n) is 1.67. The van der Waals surface area contributed by atoms with Crippen molar-refractivity contribution in [3.8, 4) is 0 Å². The summed E-state index contributed by atoms with van der Waals surface area (Å²) >= 11 is 4.24. The molecule has 1 unspecified atom stereocenters. The van der Waals surface area contributed by atoms with Gasteiger partial charge in [-0.1, -0.05) is 23.4 Å². The highest BCUT2D eigenvalue weighted by atomic mass is 33.1. The van der Waals surface area contributed by atoms with Gasteiger partial charge in [-0.05, 0) is 35.8 Å². The first-order valence-corrected chi connectivity index (χ1v) is 9.52. The largest absolute Gasteiger partial charge is 0.345 e. The molecule has 1 aromatic heterocycles. The SMILES string of the molecule is C=C1CCC(=O)N1OC(=O)C(S)CCSSc1ccccn1. The summed E-state index contributed by atoms with van der Waals surface area (Å²) in [6.45, 7) is 3.70. The molecule has 8 heteroatoms. The third-order valence-corrected chi connectivity index (χ3v) is 5.62. The van der Waals surface area contributed by atoms with Crippen LogP contribution in [-0.2, 0) is 14.4 Å². The Morgan fingerprint density at radius 3 is 2.95 bits per heavy atom. The van der Waals surface area contributed by atoms with Crippen molar-refractivity contribution < 1.29 is 14.4 Å². The Balaban J connectivity index is 1.68. The van der Waals surface area contributed by atoms with Gasteiger partial charge in [-0.3, -0.25) is 4.79 Å². The van der Waals surface area contributed by atoms with E-state index in [1.165, 1.54) is 0 Å². The van der Waals surface area contributed by atoms with Crippen LogP contribution in [0, 0.1) is 0 Å². The number of amides is 1. The molecule has 1 aliphatic rings. The van der Waals surface area contributed by atoms with Gasteiger partial charge in [-0.2, -0.15) is 12.6 Å². The fourth-order valence-corrected chi connectivity index (χ4v) is 3.99. The van der Waals surface area contributed by atoms with Gasteiger partial charge < -0.3 is 4.84 Å². The number of hydrogen-bond donors (Lipinski definition) is 1. The van der Waals surface area contributed by atoms with Crippen LogP contribution in [-0.4, -0.2) is 32.9 Å². The van der Waals surface area contributed by atoms with Gasteiger partial charge in [0.1, 0.15) is 10.3 Å². The molecule has 0 N–H and O–H groups in total. The number of rotatable bonds is 7. The van der Waals surface area contributed by atoms with E-state index in [1.54, 1.807) is 27.8 Å². The topological polar surface area (TPSA) is 59.5 Å². The van der Waals surface area contributed by atoms with Crippen LogP contribution in [0.5, 0.6) is 0 Å². The summed E-state index contributed by atoms with van der Waals surface area (Å²) in [5.41, 5.74) is 0.513. The summed E-state index contributed by atoms with van der Waals surface area (Å²) in [7, 11) is 3.14. The molecule has 2 rings (SSSR count). The molecule has 1 saturated heterocycles. The lowest BCUT2D eigenvalue weighted by Crippen LogP contribution is -2.31. The molecule has 5 nitrogen and oxygen atoms in total. The van der Waals surface area contributed by atoms with Crippen molar-refractivity contribution in [3.05, 3.63) is 36.7 Å². The lowest BCUT2D eigenvalue weighted by Gasteiger charge is -2.18. The minimum Gasteiger partial charge on any atom is -0.332 e. The number of nitrogens with zero attached hydrogens (tertiary/aromatic N) is 2. The maximum Gasteiger partial charge on any atom is 0.345 e. The summed E-state index contributed by atoms with van der Waals surface area (Å²) in [4.78, 5) is 32.6. The minimum absolute atomic E-state index is 0.237. The van der Waals surface area contributed by atoms with E-state index in [1.807, 2.05) is 18.2 Å². The number of pyridine rings is 1. The van der Waals surface area contributed by atoms with Gasteiger partial charge in [0.05, 0.1) is 5.70 Å². The van der Waals surface area contributed by atoms with Crippen LogP contribution >= 0.6 is 34.2 Å². The molecule has 0 aliphatic carbocycles. The monoisotopic (exact) mass is 356 g/mol. The summed E-state index contributed by atoms with van der Waals surface area (Å²) in [6.07, 6.45) is 3.14. The molecular formula is C14H16N2O3S3. The highest BCUT2D eigenvalue weighted by Crippen LogP contribution is 2.30. The quantitative estimate of drug-likeness (QED) is 0.460. The smallest absolute Gasteiger partial charge is 0.332 e. The third-order valence-electron chi connectivity index (χ3n) is 2.85. The summed E-state index contributed by atoms with van der Waals surface area (Å²) < 4.78 is 0. The Morgan fingerprint density at radius 2 is 2.32 bits per heavy atom. The number of carbonyl (C=O) groups is 2. The van der Waals surface area contributed by atoms with Crippen LogP contribution < -0.4 is 0 Å². The lowest BCUT2D eigenvalue weighted by atomic mass is 10.3. The van der Waals surface area contributed by atoms with E-state index < -0.39 is 11.2 Å². The number of allylic oxidation sites excluding steroid dienone is 1. The predicted molar refractivity (Wildman–Crippen MR) is 91.3 cm³/mol. The van der Waals surface area contributed by atoms with E-state index in [-0.39, 0.29) is 5.91 Å². The second-order valence-corrected chi connectivity index (χ2v) is 7.60. The van der Waals surface area contributed by atoms with E-state index in [0.29, 0.717) is 25.0 Å². The van der Waals surface area contributed by atoms with Gasteiger partial charge in [0.2, 0.25) is 0 Å². The van der Waals surface area contributed by atoms with Gasteiger partial charge in [0.25, 0.3) is 5.91 Å². The first-order chi connectivity index (χ1) is 10.6. The van der Waals surface area contributed by atoms with Crippen molar-refractivity contribution in [1.82, 2.24) is 10.0 Å². The van der Waals surface area contributed by atoms with E-state index in [4.69, 9.17) is 4.84 Å². The molecule has 0 radical (unpaired) electrons. The van der Waals surface area contributed by atoms with Crippen molar-refractivity contribution in [1.29, 1.82) is 0 Å². The van der Waals surface area contributed by atoms with Gasteiger partial charge in [-0.15, -0.1) is 5.06 Å². The number of hydroxylamine groups is 2. The van der Waals surface area contributed by atoms with E-state index in [9.17, 15) is 9.59 Å². The van der Waals surface area contributed by atoms with Gasteiger partial charge in [0.15, 0.2) is 0 Å². The molecule has 0 bridgehead atoms. The van der Waals surface area contributed by atoms with E-state index in [0.717, 1.165) is 15.8 Å². The molecule has 22 heavy (non-hydrogen) atoms. The highest BCUT2D eigenvalue weighted by molar-refractivity contribution is 8.76. The Kier molecular flexibility index (Phi) is 6.66. The highest BCUT2D eigenvalue weighted by Gasteiger charge is 2.29. The second kappa shape index (κ2) is 8.50. The zero-order valence-electron chi connectivity index (χ0n) is 11.8. The van der Waals surface area contributed by atoms with Crippen LogP contribution in [0.15, 0.2) is 41.7 Å². The average Bonchev–Trinajstić information content (AvgIpc) is 2.84. The van der Waals surface area contributed by atoms with E-state index >= 15 is 0 Å². The zero-order chi connectivity index (χ0) is 15.9. The predicted octanol–water partition coefficient (Wildman–Crippen LogP) is 3.10. The van der Waals surface area contributed by atoms with Crippen LogP contribution in [0.3, 0.4) is 0 Å². The molecule has 1 amide bonds. The summed E-state index contributed by atoms with van der Waals surface area (Å²) in [6, 6.07) is 5.71. The molecule has 2 heterocycles. The second-order valence-electron chi connectivity index (χ2n) is 4.54. The molecule has 0 aromatic carbocycles. The molecule has 118 valence electrons. The van der Waals surface area contributed by atoms with Crippen LogP contribution in [0.1, 0.15) is 19.3 Å². The summed E-state index contributed by atoms with van der Waals surface area (Å²) in [5.74, 6) is -0.0403. The van der Waals surface area contributed by atoms with E-state index in [2.05, 4.69) is 24.2 Å². The normalized spacial score (nSPS) is 16.0. The third kappa shape index (κ3) is 4.96. The van der Waals surface area contributed by atoms with Crippen molar-refractivity contribution in [2.24, 2.45) is 0 Å². The van der Waals surface area contributed by atoms with Crippen LogP contribution in [0.2, 0.25) is 0 Å². The Hall–Kier alpha value is -1.12. The minimum atomic E-state index is -0.571. The van der Waals surface area contributed by atoms with Crippen LogP contribution in [0.25, 0.3) is 0 Å². The molecule has 1 aromatic rings. The molecule has 0 saturated carbocycles. The van der Waals surface area contributed by atoms with Gasteiger partial charge >= 0.3 is 5.97 Å². The molecular weight excluding hydrogens is 340 g/mol. The van der Waals surface area contributed by atoms with Gasteiger partial charge in [0, 0.05) is 18.4 Å². The Morgan fingerprint density at radius 1 is 1.50 bits per heavy atom. The maximum atomic E-state index is 11.9. The Labute approximate surface area is 142 Å². The first-order valence-electron chi connectivity index (χ1n) is 6.69. The number of thiol groups is 1. The summed E-state index contributed by atoms with van der Waals surface area (Å²) in [5, 5.41) is 1.34. The number of aromatic nitrogens is 1. The molecule has 1 fully saturated rings. The first kappa shape index (κ1) is 17.2. The van der Waals surface area contributed by atoms with Crippen LogP contribution in [0.4, 0.5) is 0 Å². The van der Waals surface area contributed by atoms with Gasteiger partial charge in [-0.25, -0.2) is 9.78 Å². The lowest BCUT2D eigenvalue weighted by molar-refractivity contribution is -0.186. The number of hydrogen-bond acceptors (Lipinski definition) is 7.